The van der Waals surface area contributed by atoms with Gasteiger partial charge < -0.3 is 19.0 Å². The Morgan fingerprint density at radius 3 is 2.00 bits per heavy atom. The van der Waals surface area contributed by atoms with Gasteiger partial charge in [0.25, 0.3) is 0 Å². The van der Waals surface area contributed by atoms with Crippen LogP contribution in [0.1, 0.15) is 56.4 Å². The van der Waals surface area contributed by atoms with Gasteiger partial charge in [-0.3, -0.25) is 0 Å². The maximum absolute atomic E-state index is 10.4. The Bertz CT molecular complexity index is 817. The molecule has 0 radical (unpaired) electrons. The molecule has 5 heteroatoms. The fourth-order valence-corrected chi connectivity index (χ4v) is 5.07. The van der Waals surface area contributed by atoms with Gasteiger partial charge in [-0.1, -0.05) is 51.1 Å². The molecule has 0 heterocycles. The minimum Gasteiger partial charge on any atom is -0.496 e. The molecular weight excluding hydrogens is 416 g/mol. The number of rotatable bonds is 11. The smallest absolute Gasteiger partial charge is 0.192 e. The fourth-order valence-electron chi connectivity index (χ4n) is 3.75. The predicted molar refractivity (Wildman–Crippen MR) is 135 cm³/mol. The topological polar surface area (TPSA) is 47.9 Å². The van der Waals surface area contributed by atoms with Crippen molar-refractivity contribution in [3.05, 3.63) is 59.2 Å². The predicted octanol–water partition coefficient (Wildman–Crippen LogP) is 6.71. The highest BCUT2D eigenvalue weighted by atomic mass is 28.4. The van der Waals surface area contributed by atoms with E-state index in [0.717, 1.165) is 41.9 Å². The zero-order chi connectivity index (χ0) is 23.9. The highest BCUT2D eigenvalue weighted by Crippen LogP contribution is 2.44. The van der Waals surface area contributed by atoms with Crippen molar-refractivity contribution in [1.82, 2.24) is 0 Å². The summed E-state index contributed by atoms with van der Waals surface area (Å²) in [7, 11) is 1.26. The Balaban J connectivity index is 2.38. The first-order chi connectivity index (χ1) is 15.0. The molecule has 0 amide bonds. The quantitative estimate of drug-likeness (QED) is 0.380. The third-order valence-corrected chi connectivity index (χ3v) is 11.3. The fraction of sp³-hybridized carbons (Fsp3) is 0.556. The second kappa shape index (κ2) is 11.3. The summed E-state index contributed by atoms with van der Waals surface area (Å²) >= 11 is 0. The molecule has 2 atom stereocenters. The molecule has 4 nitrogen and oxygen atoms in total. The SMILES string of the molecule is COc1cc(C(O[Si](C)(C)C(C)(C)C)[C@H](CO)CCCc2ccccc2)cc(OC)c1C. The zero-order valence-electron chi connectivity index (χ0n) is 21.2. The normalized spacial score (nSPS) is 14.2. The molecule has 2 aromatic carbocycles. The van der Waals surface area contributed by atoms with Crippen LogP contribution in [0.2, 0.25) is 18.1 Å². The molecule has 0 saturated heterocycles. The number of aryl methyl sites for hydroxylation is 1. The van der Waals surface area contributed by atoms with Crippen molar-refractivity contribution in [1.29, 1.82) is 0 Å². The average molecular weight is 459 g/mol. The van der Waals surface area contributed by atoms with E-state index in [4.69, 9.17) is 13.9 Å². The summed E-state index contributed by atoms with van der Waals surface area (Å²) in [4.78, 5) is 0. The van der Waals surface area contributed by atoms with E-state index in [1.54, 1.807) is 14.2 Å². The summed E-state index contributed by atoms with van der Waals surface area (Å²) < 4.78 is 18.2. The van der Waals surface area contributed by atoms with Crippen LogP contribution in [0.5, 0.6) is 11.5 Å². The van der Waals surface area contributed by atoms with Gasteiger partial charge in [0.1, 0.15) is 11.5 Å². The summed E-state index contributed by atoms with van der Waals surface area (Å²) in [5.41, 5.74) is 3.30. The van der Waals surface area contributed by atoms with Gasteiger partial charge in [-0.2, -0.15) is 0 Å². The molecule has 2 aromatic rings. The van der Waals surface area contributed by atoms with E-state index in [2.05, 4.69) is 70.3 Å². The van der Waals surface area contributed by atoms with E-state index in [9.17, 15) is 5.11 Å². The number of methoxy groups -OCH3 is 2. The summed E-state index contributed by atoms with van der Waals surface area (Å²) in [6.45, 7) is 13.3. The third-order valence-electron chi connectivity index (χ3n) is 6.88. The number of ether oxygens (including phenoxy) is 2. The van der Waals surface area contributed by atoms with Gasteiger partial charge in [0.2, 0.25) is 0 Å². The monoisotopic (exact) mass is 458 g/mol. The van der Waals surface area contributed by atoms with Crippen LogP contribution < -0.4 is 9.47 Å². The van der Waals surface area contributed by atoms with Crippen LogP contribution in [0, 0.1) is 12.8 Å². The molecule has 0 spiro atoms. The lowest BCUT2D eigenvalue weighted by Gasteiger charge is -2.41. The first-order valence-corrected chi connectivity index (χ1v) is 14.5. The maximum atomic E-state index is 10.4. The Kier molecular flexibility index (Phi) is 9.37. The standard InChI is InChI=1S/C27H42O4Si/c1-20-24(29-5)17-23(18-25(20)30-6)26(31-32(7,8)27(2,3)4)22(19-28)16-12-15-21-13-10-9-11-14-21/h9-11,13-14,17-18,22,26,28H,12,15-16,19H2,1-8H3/t22-,26?/m0/s1. The summed E-state index contributed by atoms with van der Waals surface area (Å²) in [5, 5.41) is 10.5. The van der Waals surface area contributed by atoms with Gasteiger partial charge in [0, 0.05) is 18.1 Å². The van der Waals surface area contributed by atoms with Gasteiger partial charge in [0.15, 0.2) is 8.32 Å². The van der Waals surface area contributed by atoms with Crippen LogP contribution >= 0.6 is 0 Å². The molecule has 178 valence electrons. The van der Waals surface area contributed by atoms with Crippen LogP contribution in [0.4, 0.5) is 0 Å². The van der Waals surface area contributed by atoms with E-state index in [-0.39, 0.29) is 23.7 Å². The van der Waals surface area contributed by atoms with Gasteiger partial charge in [-0.05, 0) is 67.6 Å². The molecule has 0 aliphatic rings. The number of benzene rings is 2. The van der Waals surface area contributed by atoms with Gasteiger partial charge in [-0.15, -0.1) is 0 Å². The van der Waals surface area contributed by atoms with E-state index >= 15 is 0 Å². The highest BCUT2D eigenvalue weighted by Gasteiger charge is 2.41. The van der Waals surface area contributed by atoms with E-state index < -0.39 is 8.32 Å². The van der Waals surface area contributed by atoms with Gasteiger partial charge in [0.05, 0.1) is 20.3 Å². The third kappa shape index (κ3) is 6.59. The molecule has 0 fully saturated rings. The Hall–Kier alpha value is -1.82. The molecule has 1 unspecified atom stereocenters. The van der Waals surface area contributed by atoms with Crippen molar-refractivity contribution in [2.75, 3.05) is 20.8 Å². The maximum Gasteiger partial charge on any atom is 0.192 e. The van der Waals surface area contributed by atoms with E-state index in [1.807, 2.05) is 13.0 Å². The number of hydrogen-bond acceptors (Lipinski definition) is 4. The van der Waals surface area contributed by atoms with E-state index in [1.165, 1.54) is 5.56 Å². The van der Waals surface area contributed by atoms with Gasteiger partial charge in [-0.25, -0.2) is 0 Å². The summed E-state index contributed by atoms with van der Waals surface area (Å²) in [5.74, 6) is 1.55. The van der Waals surface area contributed by atoms with Crippen LogP contribution in [-0.4, -0.2) is 34.3 Å². The molecule has 32 heavy (non-hydrogen) atoms. The summed E-state index contributed by atoms with van der Waals surface area (Å²) in [6, 6.07) is 14.6. The van der Waals surface area contributed by atoms with Crippen LogP contribution in [0.25, 0.3) is 0 Å². The van der Waals surface area contributed by atoms with Crippen LogP contribution in [0.15, 0.2) is 42.5 Å². The Labute approximate surface area is 196 Å². The molecule has 1 N–H and O–H groups in total. The molecule has 0 saturated carbocycles. The lowest BCUT2D eigenvalue weighted by Crippen LogP contribution is -2.43. The minimum absolute atomic E-state index is 0.00930. The first kappa shape index (κ1) is 26.4. The highest BCUT2D eigenvalue weighted by molar-refractivity contribution is 6.74. The zero-order valence-corrected chi connectivity index (χ0v) is 22.2. The molecule has 0 aliphatic heterocycles. The number of aliphatic hydroxyl groups excluding tert-OH is 1. The van der Waals surface area contributed by atoms with Crippen LogP contribution in [-0.2, 0) is 10.8 Å². The second-order valence-corrected chi connectivity index (χ2v) is 14.9. The van der Waals surface area contributed by atoms with Crippen molar-refractivity contribution >= 4 is 8.32 Å². The first-order valence-electron chi connectivity index (χ1n) is 11.6. The molecule has 0 aromatic heterocycles. The molecule has 2 rings (SSSR count). The summed E-state index contributed by atoms with van der Waals surface area (Å²) in [6.07, 6.45) is 2.64. The Morgan fingerprint density at radius 1 is 0.969 bits per heavy atom. The number of hydrogen-bond donors (Lipinski definition) is 1. The van der Waals surface area contributed by atoms with Crippen molar-refractivity contribution in [3.63, 3.8) is 0 Å². The van der Waals surface area contributed by atoms with Crippen LogP contribution in [0.3, 0.4) is 0 Å². The van der Waals surface area contributed by atoms with Crippen molar-refractivity contribution < 1.29 is 19.0 Å². The number of aliphatic hydroxyl groups is 1. The lowest BCUT2D eigenvalue weighted by atomic mass is 9.90. The van der Waals surface area contributed by atoms with Crippen molar-refractivity contribution in [2.45, 2.75) is 71.2 Å². The van der Waals surface area contributed by atoms with Crippen molar-refractivity contribution in [2.24, 2.45) is 5.92 Å². The molecule has 0 bridgehead atoms. The van der Waals surface area contributed by atoms with Crippen molar-refractivity contribution in [3.8, 4) is 11.5 Å². The second-order valence-electron chi connectivity index (χ2n) is 10.2. The lowest BCUT2D eigenvalue weighted by molar-refractivity contribution is 0.0683. The molecular formula is C27H42O4Si. The minimum atomic E-state index is -2.09. The largest absolute Gasteiger partial charge is 0.496 e. The van der Waals surface area contributed by atoms with E-state index in [0.29, 0.717) is 0 Å². The molecule has 0 aliphatic carbocycles. The Morgan fingerprint density at radius 2 is 1.53 bits per heavy atom. The van der Waals surface area contributed by atoms with Gasteiger partial charge >= 0.3 is 0 Å². The average Bonchev–Trinajstić information content (AvgIpc) is 2.75.